The molecule has 1 aromatic carbocycles. The van der Waals surface area contributed by atoms with Gasteiger partial charge in [0.15, 0.2) is 5.52 Å². The number of aromatic nitrogens is 4. The van der Waals surface area contributed by atoms with Gasteiger partial charge in [-0.3, -0.25) is 9.48 Å². The van der Waals surface area contributed by atoms with Crippen molar-refractivity contribution in [2.75, 3.05) is 26.7 Å². The van der Waals surface area contributed by atoms with Gasteiger partial charge < -0.3 is 14.6 Å². The predicted molar refractivity (Wildman–Crippen MR) is 140 cm³/mol. The SMILES string of the molecule is [2H]C(CC1CCCN1C)NS(=O)(=O)c1ccc(OCCC)c(-c2nc3c(C([2H])([2H])C([2H])([2H])C([2H])([2H])[2H])nn(C)c3c(=O)[nH]2)c1. The number of fused-ring (bicyclic) bond motifs is 1. The van der Waals surface area contributed by atoms with E-state index < -0.39 is 52.9 Å². The van der Waals surface area contributed by atoms with E-state index in [9.17, 15) is 13.2 Å². The number of sulfonamides is 1. The van der Waals surface area contributed by atoms with Gasteiger partial charge in [0.2, 0.25) is 10.0 Å². The van der Waals surface area contributed by atoms with Crippen LogP contribution in [0.15, 0.2) is 27.9 Å². The highest BCUT2D eigenvalue weighted by atomic mass is 32.2. The minimum atomic E-state index is -4.22. The molecule has 196 valence electrons. The Labute approximate surface area is 223 Å². The lowest BCUT2D eigenvalue weighted by Gasteiger charge is -2.19. The Balaban J connectivity index is 1.83. The van der Waals surface area contributed by atoms with Crippen molar-refractivity contribution < 1.29 is 24.1 Å². The Morgan fingerprint density at radius 3 is 2.92 bits per heavy atom. The fourth-order valence-corrected chi connectivity index (χ4v) is 5.26. The van der Waals surface area contributed by atoms with Crippen LogP contribution in [0.4, 0.5) is 0 Å². The van der Waals surface area contributed by atoms with Gasteiger partial charge in [-0.05, 0) is 63.8 Å². The van der Waals surface area contributed by atoms with Gasteiger partial charge >= 0.3 is 0 Å². The summed E-state index contributed by atoms with van der Waals surface area (Å²) >= 11 is 0. The van der Waals surface area contributed by atoms with Crippen LogP contribution in [0.2, 0.25) is 0 Å². The summed E-state index contributed by atoms with van der Waals surface area (Å²) in [6, 6.07) is 3.96. The topological polar surface area (TPSA) is 122 Å². The van der Waals surface area contributed by atoms with E-state index in [4.69, 9.17) is 15.7 Å². The molecule has 0 spiro atoms. The lowest BCUT2D eigenvalue weighted by atomic mass is 10.1. The van der Waals surface area contributed by atoms with Gasteiger partial charge in [-0.15, -0.1) is 0 Å². The van der Waals surface area contributed by atoms with Crippen LogP contribution in [0.1, 0.15) is 62.5 Å². The number of likely N-dealkylation sites (tertiary alicyclic amines) is 1. The molecule has 0 radical (unpaired) electrons. The molecule has 11 heteroatoms. The quantitative estimate of drug-likeness (QED) is 0.395. The van der Waals surface area contributed by atoms with Gasteiger partial charge in [0.25, 0.3) is 5.56 Å². The van der Waals surface area contributed by atoms with Gasteiger partial charge in [-0.25, -0.2) is 18.1 Å². The van der Waals surface area contributed by atoms with Crippen molar-refractivity contribution >= 4 is 21.1 Å². The molecular weight excluding hydrogens is 480 g/mol. The van der Waals surface area contributed by atoms with Crippen LogP contribution in [0, 0.1) is 0 Å². The molecule has 2 N–H and O–H groups in total. The van der Waals surface area contributed by atoms with E-state index in [0.717, 1.165) is 24.1 Å². The predicted octanol–water partition coefficient (Wildman–Crippen LogP) is 2.83. The first-order valence-corrected chi connectivity index (χ1v) is 13.2. The fourth-order valence-electron chi connectivity index (χ4n) is 4.29. The van der Waals surface area contributed by atoms with Crippen LogP contribution in [-0.2, 0) is 23.4 Å². The second-order valence-corrected chi connectivity index (χ2v) is 10.4. The lowest BCUT2D eigenvalue weighted by molar-refractivity contribution is 0.297. The first-order chi connectivity index (χ1) is 20.3. The summed E-state index contributed by atoms with van der Waals surface area (Å²) in [6.45, 7) is -1.54. The standard InChI is InChI=1S/C25H36N6O4S/c1-5-8-20-22-23(31(4)29-20)25(32)28-24(27-22)19-16-18(10-11-21(19)35-15-6-2)36(33,34)26-13-12-17-9-7-14-30(17)3/h10-11,16-17,26H,5-9,12-15H2,1-4H3,(H,27,28,32)/i1D3,5D2,8D2,13D. The number of hydrogen-bond donors (Lipinski definition) is 2. The van der Waals surface area contributed by atoms with E-state index in [0.29, 0.717) is 12.8 Å². The Morgan fingerprint density at radius 1 is 1.36 bits per heavy atom. The first-order valence-electron chi connectivity index (χ1n) is 15.8. The third-order valence-corrected chi connectivity index (χ3v) is 7.50. The Morgan fingerprint density at radius 2 is 2.19 bits per heavy atom. The summed E-state index contributed by atoms with van der Waals surface area (Å²) < 4.78 is 99.9. The van der Waals surface area contributed by atoms with Crippen LogP contribution in [-0.4, -0.2) is 65.8 Å². The number of hydrogen-bond acceptors (Lipinski definition) is 7. The van der Waals surface area contributed by atoms with Gasteiger partial charge in [-0.1, -0.05) is 20.1 Å². The molecule has 36 heavy (non-hydrogen) atoms. The van der Waals surface area contributed by atoms with Crippen molar-refractivity contribution in [2.45, 2.75) is 63.1 Å². The number of H-pyrrole nitrogens is 1. The maximum atomic E-state index is 13.3. The minimum Gasteiger partial charge on any atom is -0.493 e. The van der Waals surface area contributed by atoms with Crippen molar-refractivity contribution in [1.29, 1.82) is 0 Å². The number of aromatic amines is 1. The van der Waals surface area contributed by atoms with Crippen molar-refractivity contribution in [1.82, 2.24) is 29.4 Å². The van der Waals surface area contributed by atoms with Crippen molar-refractivity contribution in [3.8, 4) is 17.1 Å². The van der Waals surface area contributed by atoms with Gasteiger partial charge in [0, 0.05) is 30.6 Å². The third-order valence-electron chi connectivity index (χ3n) is 6.15. The smallest absolute Gasteiger partial charge is 0.277 e. The summed E-state index contributed by atoms with van der Waals surface area (Å²) in [7, 11) is -0.986. The average Bonchev–Trinajstić information content (AvgIpc) is 3.48. The molecule has 1 fully saturated rings. The normalized spacial score (nSPS) is 22.0. The van der Waals surface area contributed by atoms with Crippen molar-refractivity contribution in [3.05, 3.63) is 34.2 Å². The maximum absolute atomic E-state index is 13.3. The second kappa shape index (κ2) is 11.1. The van der Waals surface area contributed by atoms with Gasteiger partial charge in [0.05, 0.1) is 22.8 Å². The highest BCUT2D eigenvalue weighted by molar-refractivity contribution is 7.89. The van der Waals surface area contributed by atoms with Crippen LogP contribution < -0.4 is 15.0 Å². The van der Waals surface area contributed by atoms with Gasteiger partial charge in [0.1, 0.15) is 17.1 Å². The number of rotatable bonds is 11. The van der Waals surface area contributed by atoms with Crippen LogP contribution in [0.25, 0.3) is 22.4 Å². The summed E-state index contributed by atoms with van der Waals surface area (Å²) in [6.07, 6.45) is -3.91. The molecule has 2 aromatic heterocycles. The number of nitrogens with zero attached hydrogens (tertiary/aromatic N) is 4. The molecule has 3 heterocycles. The zero-order chi connectivity index (χ0) is 32.8. The molecule has 0 amide bonds. The van der Waals surface area contributed by atoms with Crippen LogP contribution in [0.3, 0.4) is 0 Å². The lowest BCUT2D eigenvalue weighted by Crippen LogP contribution is -2.31. The molecule has 1 aliphatic heterocycles. The largest absolute Gasteiger partial charge is 0.493 e. The maximum Gasteiger partial charge on any atom is 0.277 e. The Kier molecular flexibility index (Phi) is 5.44. The van der Waals surface area contributed by atoms with E-state index in [1.165, 1.54) is 25.2 Å². The summed E-state index contributed by atoms with van der Waals surface area (Å²) in [5.41, 5.74) is -2.14. The average molecular weight is 525 g/mol. The minimum absolute atomic E-state index is 0.0200. The molecule has 1 saturated heterocycles. The number of nitrogens with one attached hydrogen (secondary N) is 2. The molecule has 0 aliphatic carbocycles. The molecular formula is C25H36N6O4S. The molecule has 2 unspecified atom stereocenters. The molecule has 10 nitrogen and oxygen atoms in total. The molecule has 1 aliphatic rings. The Hall–Kier alpha value is -2.76. The van der Waals surface area contributed by atoms with E-state index >= 15 is 0 Å². The summed E-state index contributed by atoms with van der Waals surface area (Å²) in [4.78, 5) is 22.0. The highest BCUT2D eigenvalue weighted by Gasteiger charge is 2.23. The van der Waals surface area contributed by atoms with Crippen LogP contribution in [0.5, 0.6) is 5.75 Å². The zero-order valence-corrected chi connectivity index (χ0v) is 21.3. The highest BCUT2D eigenvalue weighted by Crippen LogP contribution is 2.31. The van der Waals surface area contributed by atoms with E-state index in [2.05, 4.69) is 24.7 Å². The molecule has 4 rings (SSSR count). The van der Waals surface area contributed by atoms with Crippen molar-refractivity contribution in [3.63, 3.8) is 0 Å². The van der Waals surface area contributed by atoms with Crippen molar-refractivity contribution in [2.24, 2.45) is 7.05 Å². The number of aryl methyl sites for hydroxylation is 2. The van der Waals surface area contributed by atoms with E-state index in [1.54, 1.807) is 0 Å². The summed E-state index contributed by atoms with van der Waals surface area (Å²) in [5, 5.41) is 3.95. The zero-order valence-electron chi connectivity index (χ0n) is 28.5. The molecule has 0 bridgehead atoms. The summed E-state index contributed by atoms with van der Waals surface area (Å²) in [5.74, 6) is -0.0882. The Bertz CT molecular complexity index is 1690. The molecule has 2 atom stereocenters. The fraction of sp³-hybridized carbons (Fsp3) is 0.560. The van der Waals surface area contributed by atoms with Crippen LogP contribution >= 0.6 is 0 Å². The first kappa shape index (κ1) is 17.7. The number of ether oxygens (including phenoxy) is 1. The third kappa shape index (κ3) is 5.47. The van der Waals surface area contributed by atoms with E-state index in [1.807, 2.05) is 14.0 Å². The monoisotopic (exact) mass is 524 g/mol. The van der Waals surface area contributed by atoms with Gasteiger partial charge in [-0.2, -0.15) is 5.10 Å². The number of benzene rings is 1. The second-order valence-electron chi connectivity index (χ2n) is 8.68. The molecule has 0 saturated carbocycles. The molecule has 3 aromatic rings. The van der Waals surface area contributed by atoms with E-state index in [-0.39, 0.29) is 40.2 Å².